The van der Waals surface area contributed by atoms with E-state index in [0.29, 0.717) is 12.2 Å². The number of nitrogens with one attached hydrogen (secondary N) is 1. The first-order chi connectivity index (χ1) is 7.74. The van der Waals surface area contributed by atoms with E-state index >= 15 is 0 Å². The number of carbonyl (C=O) groups is 1. The highest BCUT2D eigenvalue weighted by molar-refractivity contribution is 7.10. The van der Waals surface area contributed by atoms with Crippen molar-refractivity contribution >= 4 is 34.7 Å². The van der Waals surface area contributed by atoms with Gasteiger partial charge < -0.3 is 5.32 Å². The van der Waals surface area contributed by atoms with Crippen molar-refractivity contribution in [1.29, 1.82) is 0 Å². The van der Waals surface area contributed by atoms with E-state index in [1.807, 2.05) is 17.5 Å². The molecule has 2 heterocycles. The van der Waals surface area contributed by atoms with Crippen LogP contribution in [0.2, 0.25) is 5.28 Å². The van der Waals surface area contributed by atoms with E-state index in [2.05, 4.69) is 15.3 Å². The van der Waals surface area contributed by atoms with Gasteiger partial charge in [-0.1, -0.05) is 6.07 Å². The quantitative estimate of drug-likeness (QED) is 0.855. The Hall–Kier alpha value is -1.46. The SMILES string of the molecule is O=C(Cc1cccs1)Nc1ccnc(Cl)n1. The summed E-state index contributed by atoms with van der Waals surface area (Å²) in [6.45, 7) is 0. The molecule has 2 rings (SSSR count). The number of carbonyl (C=O) groups excluding carboxylic acids is 1. The summed E-state index contributed by atoms with van der Waals surface area (Å²) in [6.07, 6.45) is 1.84. The number of aromatic nitrogens is 2. The average Bonchev–Trinajstić information content (AvgIpc) is 2.70. The molecule has 1 N–H and O–H groups in total. The molecular weight excluding hydrogens is 246 g/mol. The minimum Gasteiger partial charge on any atom is -0.310 e. The van der Waals surface area contributed by atoms with E-state index in [1.165, 1.54) is 6.20 Å². The molecule has 2 aromatic rings. The lowest BCUT2D eigenvalue weighted by molar-refractivity contribution is -0.115. The van der Waals surface area contributed by atoms with Crippen molar-refractivity contribution in [2.24, 2.45) is 0 Å². The van der Waals surface area contributed by atoms with Crippen LogP contribution in [0.3, 0.4) is 0 Å². The minimum absolute atomic E-state index is 0.114. The van der Waals surface area contributed by atoms with Gasteiger partial charge in [-0.3, -0.25) is 4.79 Å². The number of hydrogen-bond acceptors (Lipinski definition) is 4. The lowest BCUT2D eigenvalue weighted by atomic mass is 10.3. The van der Waals surface area contributed by atoms with Gasteiger partial charge in [-0.05, 0) is 29.1 Å². The smallest absolute Gasteiger partial charge is 0.230 e. The molecule has 0 aliphatic heterocycles. The normalized spacial score (nSPS) is 10.1. The maximum Gasteiger partial charge on any atom is 0.230 e. The molecule has 0 saturated heterocycles. The van der Waals surface area contributed by atoms with E-state index in [1.54, 1.807) is 17.4 Å². The van der Waals surface area contributed by atoms with Crippen molar-refractivity contribution in [3.63, 3.8) is 0 Å². The number of nitrogens with zero attached hydrogens (tertiary/aromatic N) is 2. The van der Waals surface area contributed by atoms with Gasteiger partial charge in [0.1, 0.15) is 5.82 Å². The Kier molecular flexibility index (Phi) is 3.48. The van der Waals surface area contributed by atoms with Gasteiger partial charge in [0.15, 0.2) is 0 Å². The highest BCUT2D eigenvalue weighted by Crippen LogP contribution is 2.11. The molecular formula is C10H8ClN3OS. The summed E-state index contributed by atoms with van der Waals surface area (Å²) in [5.41, 5.74) is 0. The zero-order chi connectivity index (χ0) is 11.4. The van der Waals surface area contributed by atoms with Gasteiger partial charge >= 0.3 is 0 Å². The van der Waals surface area contributed by atoms with Crippen molar-refractivity contribution in [2.75, 3.05) is 5.32 Å². The van der Waals surface area contributed by atoms with Gasteiger partial charge in [0.25, 0.3) is 0 Å². The molecule has 0 unspecified atom stereocenters. The van der Waals surface area contributed by atoms with Crippen molar-refractivity contribution in [3.05, 3.63) is 39.9 Å². The Morgan fingerprint density at radius 3 is 3.06 bits per heavy atom. The fraction of sp³-hybridized carbons (Fsp3) is 0.100. The minimum atomic E-state index is -0.114. The summed E-state index contributed by atoms with van der Waals surface area (Å²) in [5, 5.41) is 4.71. The van der Waals surface area contributed by atoms with Gasteiger partial charge in [-0.15, -0.1) is 11.3 Å². The third kappa shape index (κ3) is 3.01. The first kappa shape index (κ1) is 11.0. The third-order valence-electron chi connectivity index (χ3n) is 1.81. The van der Waals surface area contributed by atoms with Gasteiger partial charge in [-0.2, -0.15) is 0 Å². The monoisotopic (exact) mass is 253 g/mol. The molecule has 6 heteroatoms. The molecule has 0 saturated carbocycles. The fourth-order valence-electron chi connectivity index (χ4n) is 1.16. The van der Waals surface area contributed by atoms with Crippen LogP contribution in [0, 0.1) is 0 Å². The van der Waals surface area contributed by atoms with Crippen molar-refractivity contribution < 1.29 is 4.79 Å². The highest BCUT2D eigenvalue weighted by Gasteiger charge is 2.05. The van der Waals surface area contributed by atoms with Crippen LogP contribution < -0.4 is 5.32 Å². The molecule has 2 aromatic heterocycles. The first-order valence-corrected chi connectivity index (χ1v) is 5.80. The number of amides is 1. The van der Waals surface area contributed by atoms with Crippen LogP contribution in [0.15, 0.2) is 29.8 Å². The topological polar surface area (TPSA) is 54.9 Å². The van der Waals surface area contributed by atoms with Gasteiger partial charge in [0, 0.05) is 11.1 Å². The second-order valence-electron chi connectivity index (χ2n) is 3.02. The molecule has 0 radical (unpaired) electrons. The molecule has 0 spiro atoms. The Labute approximate surface area is 101 Å². The number of anilines is 1. The molecule has 0 bridgehead atoms. The average molecular weight is 254 g/mol. The number of hydrogen-bond donors (Lipinski definition) is 1. The Morgan fingerprint density at radius 2 is 2.38 bits per heavy atom. The van der Waals surface area contributed by atoms with Crippen LogP contribution >= 0.6 is 22.9 Å². The lowest BCUT2D eigenvalue weighted by Crippen LogP contribution is -2.14. The standard InChI is InChI=1S/C10H8ClN3OS/c11-10-12-4-3-8(14-10)13-9(15)6-7-2-1-5-16-7/h1-5H,6H2,(H,12,13,14,15). The van der Waals surface area contributed by atoms with Crippen LogP contribution in [0.4, 0.5) is 5.82 Å². The van der Waals surface area contributed by atoms with Crippen molar-refractivity contribution in [2.45, 2.75) is 6.42 Å². The summed E-state index contributed by atoms with van der Waals surface area (Å²) in [5.74, 6) is 0.304. The van der Waals surface area contributed by atoms with Crippen LogP contribution in [0.1, 0.15) is 4.88 Å². The van der Waals surface area contributed by atoms with Gasteiger partial charge in [0.05, 0.1) is 6.42 Å². The van der Waals surface area contributed by atoms with Crippen LogP contribution in [0.25, 0.3) is 0 Å². The summed E-state index contributed by atoms with van der Waals surface area (Å²) < 4.78 is 0. The number of rotatable bonds is 3. The zero-order valence-corrected chi connectivity index (χ0v) is 9.76. The maximum atomic E-state index is 11.6. The van der Waals surface area contributed by atoms with E-state index < -0.39 is 0 Å². The van der Waals surface area contributed by atoms with E-state index in [4.69, 9.17) is 11.6 Å². The third-order valence-corrected chi connectivity index (χ3v) is 2.87. The van der Waals surface area contributed by atoms with E-state index in [9.17, 15) is 4.79 Å². The number of halogens is 1. The van der Waals surface area contributed by atoms with Gasteiger partial charge in [0.2, 0.25) is 11.2 Å². The molecule has 0 atom stereocenters. The first-order valence-electron chi connectivity index (χ1n) is 4.55. The highest BCUT2D eigenvalue weighted by atomic mass is 35.5. The predicted molar refractivity (Wildman–Crippen MR) is 63.7 cm³/mol. The van der Waals surface area contributed by atoms with Crippen LogP contribution in [-0.2, 0) is 11.2 Å². The molecule has 1 amide bonds. The summed E-state index contributed by atoms with van der Waals surface area (Å²) in [4.78, 5) is 20.2. The Balaban J connectivity index is 1.97. The largest absolute Gasteiger partial charge is 0.310 e. The summed E-state index contributed by atoms with van der Waals surface area (Å²) >= 11 is 7.14. The van der Waals surface area contributed by atoms with E-state index in [-0.39, 0.29) is 11.2 Å². The molecule has 0 aromatic carbocycles. The van der Waals surface area contributed by atoms with Crippen molar-refractivity contribution in [3.8, 4) is 0 Å². The fourth-order valence-corrected chi connectivity index (χ4v) is 2.01. The molecule has 0 fully saturated rings. The summed E-state index contributed by atoms with van der Waals surface area (Å²) in [6, 6.07) is 5.42. The molecule has 82 valence electrons. The lowest BCUT2D eigenvalue weighted by Gasteiger charge is -2.02. The Bertz CT molecular complexity index is 487. The van der Waals surface area contributed by atoms with Gasteiger partial charge in [-0.25, -0.2) is 9.97 Å². The molecule has 4 nitrogen and oxygen atoms in total. The second kappa shape index (κ2) is 5.05. The predicted octanol–water partition coefficient (Wildman–Crippen LogP) is 2.37. The number of thiophene rings is 1. The van der Waals surface area contributed by atoms with Crippen LogP contribution in [-0.4, -0.2) is 15.9 Å². The maximum absolute atomic E-state index is 11.6. The molecule has 0 aliphatic rings. The van der Waals surface area contributed by atoms with E-state index in [0.717, 1.165) is 4.88 Å². The summed E-state index contributed by atoms with van der Waals surface area (Å²) in [7, 11) is 0. The van der Waals surface area contributed by atoms with Crippen LogP contribution in [0.5, 0.6) is 0 Å². The molecule has 0 aliphatic carbocycles. The molecule has 16 heavy (non-hydrogen) atoms. The van der Waals surface area contributed by atoms with Crippen molar-refractivity contribution in [1.82, 2.24) is 9.97 Å². The zero-order valence-electron chi connectivity index (χ0n) is 8.18. The Morgan fingerprint density at radius 1 is 1.50 bits per heavy atom. The second-order valence-corrected chi connectivity index (χ2v) is 4.39.